The zero-order valence-electron chi connectivity index (χ0n) is 9.10. The summed E-state index contributed by atoms with van der Waals surface area (Å²) in [7, 11) is -4.57. The van der Waals surface area contributed by atoms with Crippen LogP contribution in [0.1, 0.15) is 0 Å². The van der Waals surface area contributed by atoms with Crippen LogP contribution in [-0.4, -0.2) is 39.8 Å². The van der Waals surface area contributed by atoms with E-state index in [1.165, 1.54) is 22.7 Å². The van der Waals surface area contributed by atoms with Crippen LogP contribution in [0.4, 0.5) is 0 Å². The highest BCUT2D eigenvalue weighted by Gasteiger charge is 2.30. The van der Waals surface area contributed by atoms with Gasteiger partial charge < -0.3 is 9.79 Å². The summed E-state index contributed by atoms with van der Waals surface area (Å²) < 4.78 is 12.9. The topological polar surface area (TPSA) is 129 Å². The number of hydrogen-bond acceptors (Lipinski definition) is 5. The third-order valence-electron chi connectivity index (χ3n) is 2.40. The molecular formula is C8H6ClN6O3P. The molecule has 0 amide bonds. The number of tetrazole rings is 1. The second-order valence-electron chi connectivity index (χ2n) is 3.64. The van der Waals surface area contributed by atoms with Crippen molar-refractivity contribution in [1.29, 1.82) is 0 Å². The van der Waals surface area contributed by atoms with Crippen molar-refractivity contribution < 1.29 is 14.4 Å². The van der Waals surface area contributed by atoms with E-state index in [0.717, 1.165) is 0 Å². The summed E-state index contributed by atoms with van der Waals surface area (Å²) in [6.45, 7) is 0. The van der Waals surface area contributed by atoms with Crippen molar-refractivity contribution in [1.82, 2.24) is 30.0 Å². The van der Waals surface area contributed by atoms with Gasteiger partial charge in [-0.1, -0.05) is 11.6 Å². The summed E-state index contributed by atoms with van der Waals surface area (Å²) in [5.74, 6) is -0.00172. The maximum atomic E-state index is 11.6. The van der Waals surface area contributed by atoms with Crippen LogP contribution in [0.5, 0.6) is 0 Å². The highest BCUT2D eigenvalue weighted by molar-refractivity contribution is 7.60. The maximum Gasteiger partial charge on any atom is 0.375 e. The third kappa shape index (κ3) is 2.02. The molecule has 0 saturated carbocycles. The van der Waals surface area contributed by atoms with Crippen LogP contribution >= 0.6 is 19.2 Å². The van der Waals surface area contributed by atoms with Gasteiger partial charge in [-0.25, -0.2) is 4.98 Å². The number of nitrogens with one attached hydrogen (secondary N) is 1. The van der Waals surface area contributed by atoms with E-state index in [4.69, 9.17) is 11.6 Å². The van der Waals surface area contributed by atoms with Crippen LogP contribution in [0.15, 0.2) is 18.3 Å². The van der Waals surface area contributed by atoms with Crippen molar-refractivity contribution in [2.45, 2.75) is 0 Å². The Bertz CT molecular complexity index is 794. The van der Waals surface area contributed by atoms with Crippen LogP contribution in [0.2, 0.25) is 5.02 Å². The van der Waals surface area contributed by atoms with Crippen molar-refractivity contribution in [2.24, 2.45) is 0 Å². The summed E-state index contributed by atoms with van der Waals surface area (Å²) in [6.07, 6.45) is 1.42. The SMILES string of the molecule is O=P(O)(O)c1c(-c2nn[nH]n2)nc2cc(Cl)ccn12. The Morgan fingerprint density at radius 2 is 2.21 bits per heavy atom. The van der Waals surface area contributed by atoms with E-state index < -0.39 is 7.60 Å². The summed E-state index contributed by atoms with van der Waals surface area (Å²) in [5, 5.41) is 13.3. The monoisotopic (exact) mass is 300 g/mol. The highest BCUT2D eigenvalue weighted by Crippen LogP contribution is 2.37. The van der Waals surface area contributed by atoms with Gasteiger partial charge in [0.05, 0.1) is 0 Å². The van der Waals surface area contributed by atoms with Crippen molar-refractivity contribution in [3.8, 4) is 11.5 Å². The number of hydrogen-bond donors (Lipinski definition) is 3. The fraction of sp³-hybridized carbons (Fsp3) is 0. The molecule has 3 heterocycles. The first-order chi connectivity index (χ1) is 8.97. The normalized spacial score (nSPS) is 12.2. The number of pyridine rings is 1. The lowest BCUT2D eigenvalue weighted by Gasteiger charge is -2.04. The zero-order valence-corrected chi connectivity index (χ0v) is 10.7. The zero-order chi connectivity index (χ0) is 13.6. The lowest BCUT2D eigenvalue weighted by atomic mass is 10.4. The average molecular weight is 301 g/mol. The molecule has 0 saturated heterocycles. The lowest BCUT2D eigenvalue weighted by molar-refractivity contribution is 0.386. The number of fused-ring (bicyclic) bond motifs is 1. The fourth-order valence-electron chi connectivity index (χ4n) is 1.70. The number of imidazole rings is 1. The molecule has 0 atom stereocenters. The van der Waals surface area contributed by atoms with E-state index in [9.17, 15) is 14.4 Å². The molecule has 3 rings (SSSR count). The minimum absolute atomic E-state index is 0.00172. The van der Waals surface area contributed by atoms with E-state index >= 15 is 0 Å². The Morgan fingerprint density at radius 1 is 1.42 bits per heavy atom. The van der Waals surface area contributed by atoms with Crippen LogP contribution in [-0.2, 0) is 4.57 Å². The first-order valence-corrected chi connectivity index (χ1v) is 6.93. The maximum absolute atomic E-state index is 11.6. The quantitative estimate of drug-likeness (QED) is 0.567. The van der Waals surface area contributed by atoms with Gasteiger partial charge in [0, 0.05) is 17.3 Å². The summed E-state index contributed by atoms with van der Waals surface area (Å²) in [6, 6.07) is 2.97. The number of rotatable bonds is 2. The minimum Gasteiger partial charge on any atom is -0.320 e. The molecule has 3 aromatic rings. The van der Waals surface area contributed by atoms with Crippen LogP contribution in [0, 0.1) is 0 Å². The van der Waals surface area contributed by atoms with Gasteiger partial charge in [-0.3, -0.25) is 8.97 Å². The van der Waals surface area contributed by atoms with Gasteiger partial charge in [-0.05, 0) is 11.3 Å². The molecule has 0 bridgehead atoms. The largest absolute Gasteiger partial charge is 0.375 e. The summed E-state index contributed by atoms with van der Waals surface area (Å²) in [4.78, 5) is 23.0. The van der Waals surface area contributed by atoms with E-state index in [2.05, 4.69) is 25.6 Å². The second kappa shape index (κ2) is 4.10. The van der Waals surface area contributed by atoms with Gasteiger partial charge in [0.25, 0.3) is 0 Å². The molecule has 19 heavy (non-hydrogen) atoms. The Labute approximate surface area is 110 Å². The van der Waals surface area contributed by atoms with Crippen molar-refractivity contribution in [2.75, 3.05) is 0 Å². The van der Waals surface area contributed by atoms with Crippen LogP contribution in [0.3, 0.4) is 0 Å². The van der Waals surface area contributed by atoms with E-state index in [-0.39, 0.29) is 22.6 Å². The van der Waals surface area contributed by atoms with Gasteiger partial charge >= 0.3 is 7.60 Å². The fourth-order valence-corrected chi connectivity index (χ4v) is 2.73. The van der Waals surface area contributed by atoms with E-state index in [1.54, 1.807) is 0 Å². The smallest absolute Gasteiger partial charge is 0.320 e. The molecule has 0 unspecified atom stereocenters. The lowest BCUT2D eigenvalue weighted by Crippen LogP contribution is -2.13. The third-order valence-corrected chi connectivity index (χ3v) is 3.61. The molecule has 11 heteroatoms. The van der Waals surface area contributed by atoms with Gasteiger partial charge in [0.2, 0.25) is 5.82 Å². The van der Waals surface area contributed by atoms with Crippen molar-refractivity contribution in [3.05, 3.63) is 23.4 Å². The Hall–Kier alpha value is -1.80. The van der Waals surface area contributed by atoms with Crippen LogP contribution in [0.25, 0.3) is 17.2 Å². The highest BCUT2D eigenvalue weighted by atomic mass is 35.5. The first kappa shape index (κ1) is 12.2. The molecule has 0 aliphatic rings. The average Bonchev–Trinajstić information content (AvgIpc) is 2.92. The second-order valence-corrected chi connectivity index (χ2v) is 5.58. The molecular weight excluding hydrogens is 295 g/mol. The van der Waals surface area contributed by atoms with E-state index in [1.807, 2.05) is 0 Å². The van der Waals surface area contributed by atoms with Gasteiger partial charge in [-0.2, -0.15) is 5.21 Å². The number of aromatic amines is 1. The number of H-pyrrole nitrogens is 1. The van der Waals surface area contributed by atoms with Crippen molar-refractivity contribution >= 4 is 30.3 Å². The molecule has 0 aromatic carbocycles. The van der Waals surface area contributed by atoms with E-state index in [0.29, 0.717) is 5.02 Å². The molecule has 0 aliphatic carbocycles. The van der Waals surface area contributed by atoms with Crippen molar-refractivity contribution in [3.63, 3.8) is 0 Å². The predicted molar refractivity (Wildman–Crippen MR) is 65.1 cm³/mol. The van der Waals surface area contributed by atoms with Crippen LogP contribution < -0.4 is 5.44 Å². The van der Waals surface area contributed by atoms with Gasteiger partial charge in [0.15, 0.2) is 5.44 Å². The predicted octanol–water partition coefficient (Wildman–Crippen LogP) is -0.0292. The molecule has 9 nitrogen and oxygen atoms in total. The molecule has 0 radical (unpaired) electrons. The Balaban J connectivity index is 2.41. The molecule has 0 spiro atoms. The number of aromatic nitrogens is 6. The molecule has 0 fully saturated rings. The molecule has 0 aliphatic heterocycles. The molecule has 98 valence electrons. The summed E-state index contributed by atoms with van der Waals surface area (Å²) >= 11 is 5.82. The number of nitrogens with zero attached hydrogens (tertiary/aromatic N) is 5. The molecule has 3 N–H and O–H groups in total. The molecule has 3 aromatic heterocycles. The van der Waals surface area contributed by atoms with Gasteiger partial charge in [0.1, 0.15) is 11.3 Å². The Kier molecular flexibility index (Phi) is 2.64. The van der Waals surface area contributed by atoms with Gasteiger partial charge in [-0.15, -0.1) is 10.2 Å². The standard InChI is InChI=1S/C8H6ClN6O3P/c9-4-1-2-15-5(3-4)10-6(7-11-13-14-12-7)8(15)19(16,17)18/h1-3H,(H2,16,17,18)(H,11,12,13,14). The summed E-state index contributed by atoms with van der Waals surface area (Å²) in [5.41, 5.74) is -0.0597. The minimum atomic E-state index is -4.57. The number of halogens is 1. The Morgan fingerprint density at radius 3 is 2.84 bits per heavy atom. The first-order valence-electron chi connectivity index (χ1n) is 4.94.